The van der Waals surface area contributed by atoms with Crippen LogP contribution in [0, 0.1) is 11.3 Å². The number of fused-ring (bicyclic) bond motifs is 1. The largest absolute Gasteiger partial charge is 0.493 e. The molecule has 0 aliphatic heterocycles. The van der Waals surface area contributed by atoms with Gasteiger partial charge in [-0.1, -0.05) is 24.3 Å². The molecule has 0 N–H and O–H groups in total. The zero-order valence-electron chi connectivity index (χ0n) is 16.7. The van der Waals surface area contributed by atoms with Crippen molar-refractivity contribution in [2.75, 3.05) is 13.7 Å². The average Bonchev–Trinajstić information content (AvgIpc) is 2.77. The van der Waals surface area contributed by atoms with E-state index >= 15 is 0 Å². The lowest BCUT2D eigenvalue weighted by atomic mass is 10.1. The molecular weight excluding hydrogens is 402 g/mol. The highest BCUT2D eigenvalue weighted by atomic mass is 16.6. The Morgan fingerprint density at radius 3 is 2.61 bits per heavy atom. The summed E-state index contributed by atoms with van der Waals surface area (Å²) in [6, 6.07) is 14.4. The summed E-state index contributed by atoms with van der Waals surface area (Å²) in [7, 11) is 1.36. The van der Waals surface area contributed by atoms with Crippen molar-refractivity contribution < 1.29 is 28.2 Å². The van der Waals surface area contributed by atoms with Crippen LogP contribution in [0.1, 0.15) is 22.8 Å². The maximum Gasteiger partial charge on any atom is 0.351 e. The number of benzene rings is 2. The standard InChI is InChI=1S/C23H17NO7/c1-3-29-21(25)16(13-24)10-14-8-9-19(20(11-14)28-2)31-23(27)17-12-15-6-4-5-7-18(15)30-22(17)26/h4-12H,3H2,1-2H3. The summed E-state index contributed by atoms with van der Waals surface area (Å²) in [5, 5.41) is 9.73. The number of carbonyl (C=O) groups excluding carboxylic acids is 2. The number of nitriles is 1. The number of ether oxygens (including phenoxy) is 3. The third-order valence-electron chi connectivity index (χ3n) is 4.18. The highest BCUT2D eigenvalue weighted by Gasteiger charge is 2.18. The summed E-state index contributed by atoms with van der Waals surface area (Å²) < 4.78 is 20.5. The van der Waals surface area contributed by atoms with Crippen molar-refractivity contribution >= 4 is 29.0 Å². The first kappa shape index (κ1) is 21.3. The summed E-state index contributed by atoms with van der Waals surface area (Å²) in [5.74, 6) is -1.45. The normalized spacial score (nSPS) is 10.9. The first-order chi connectivity index (χ1) is 15.0. The van der Waals surface area contributed by atoms with E-state index in [1.54, 1.807) is 37.3 Å². The third kappa shape index (κ3) is 4.79. The molecule has 0 atom stereocenters. The molecule has 0 saturated heterocycles. The smallest absolute Gasteiger partial charge is 0.351 e. The molecule has 156 valence electrons. The van der Waals surface area contributed by atoms with Crippen LogP contribution >= 0.6 is 0 Å². The number of hydrogen-bond acceptors (Lipinski definition) is 8. The second kappa shape index (κ2) is 9.41. The molecule has 0 unspecified atom stereocenters. The molecule has 8 nitrogen and oxygen atoms in total. The lowest BCUT2D eigenvalue weighted by molar-refractivity contribution is -0.137. The van der Waals surface area contributed by atoms with Crippen LogP contribution in [0.4, 0.5) is 0 Å². The molecule has 0 spiro atoms. The number of nitrogens with zero attached hydrogens (tertiary/aromatic N) is 1. The Morgan fingerprint density at radius 2 is 1.90 bits per heavy atom. The van der Waals surface area contributed by atoms with Gasteiger partial charge in [-0.05, 0) is 42.8 Å². The number of hydrogen-bond donors (Lipinski definition) is 0. The van der Waals surface area contributed by atoms with Gasteiger partial charge >= 0.3 is 17.6 Å². The molecule has 1 aromatic heterocycles. The fourth-order valence-electron chi connectivity index (χ4n) is 2.73. The van der Waals surface area contributed by atoms with Crippen molar-refractivity contribution in [3.8, 4) is 17.6 Å². The van der Waals surface area contributed by atoms with Gasteiger partial charge < -0.3 is 18.6 Å². The minimum absolute atomic E-state index is 0.0480. The average molecular weight is 419 g/mol. The van der Waals surface area contributed by atoms with Crippen LogP contribution in [-0.4, -0.2) is 25.7 Å². The molecule has 0 amide bonds. The van der Waals surface area contributed by atoms with Crippen LogP contribution in [0.2, 0.25) is 0 Å². The van der Waals surface area contributed by atoms with Gasteiger partial charge in [0, 0.05) is 5.39 Å². The van der Waals surface area contributed by atoms with Gasteiger partial charge in [0.2, 0.25) is 0 Å². The van der Waals surface area contributed by atoms with Crippen molar-refractivity contribution in [3.63, 3.8) is 0 Å². The Kier molecular flexibility index (Phi) is 6.48. The van der Waals surface area contributed by atoms with E-state index in [0.717, 1.165) is 0 Å². The molecule has 1 heterocycles. The van der Waals surface area contributed by atoms with E-state index in [4.69, 9.17) is 23.9 Å². The van der Waals surface area contributed by atoms with Gasteiger partial charge in [-0.3, -0.25) is 0 Å². The maximum atomic E-state index is 12.6. The van der Waals surface area contributed by atoms with Crippen LogP contribution in [0.15, 0.2) is 63.3 Å². The lowest BCUT2D eigenvalue weighted by Crippen LogP contribution is -2.19. The number of rotatable bonds is 6. The summed E-state index contributed by atoms with van der Waals surface area (Å²) in [4.78, 5) is 36.5. The van der Waals surface area contributed by atoms with E-state index in [1.165, 1.54) is 37.5 Å². The maximum absolute atomic E-state index is 12.6. The summed E-state index contributed by atoms with van der Waals surface area (Å²) in [5.41, 5.74) is -0.476. The van der Waals surface area contributed by atoms with Gasteiger partial charge in [0.1, 0.15) is 22.8 Å². The van der Waals surface area contributed by atoms with E-state index in [2.05, 4.69) is 0 Å². The van der Waals surface area contributed by atoms with Crippen molar-refractivity contribution in [1.82, 2.24) is 0 Å². The second-order valence-electron chi connectivity index (χ2n) is 6.18. The van der Waals surface area contributed by atoms with Crippen LogP contribution in [0.5, 0.6) is 11.5 Å². The molecule has 8 heteroatoms. The minimum Gasteiger partial charge on any atom is -0.493 e. The number of carbonyl (C=O) groups is 2. The van der Waals surface area contributed by atoms with Crippen molar-refractivity contribution in [3.05, 3.63) is 75.7 Å². The molecule has 3 rings (SSSR count). The fourth-order valence-corrected chi connectivity index (χ4v) is 2.73. The lowest BCUT2D eigenvalue weighted by Gasteiger charge is -2.10. The highest BCUT2D eigenvalue weighted by molar-refractivity contribution is 5.98. The predicted octanol–water partition coefficient (Wildman–Crippen LogP) is 3.49. The van der Waals surface area contributed by atoms with E-state index in [9.17, 15) is 14.4 Å². The molecule has 2 aromatic carbocycles. The molecule has 0 bridgehead atoms. The highest BCUT2D eigenvalue weighted by Crippen LogP contribution is 2.30. The Hall–Kier alpha value is -4.38. The zero-order chi connectivity index (χ0) is 22.4. The van der Waals surface area contributed by atoms with Crippen LogP contribution in [-0.2, 0) is 9.53 Å². The third-order valence-corrected chi connectivity index (χ3v) is 4.18. The van der Waals surface area contributed by atoms with Gasteiger partial charge in [0.15, 0.2) is 11.5 Å². The molecule has 0 aliphatic rings. The second-order valence-corrected chi connectivity index (χ2v) is 6.18. The number of methoxy groups -OCH3 is 1. The predicted molar refractivity (Wildman–Crippen MR) is 111 cm³/mol. The molecule has 0 radical (unpaired) electrons. The Bertz CT molecular complexity index is 1280. The molecule has 3 aromatic rings. The first-order valence-electron chi connectivity index (χ1n) is 9.18. The van der Waals surface area contributed by atoms with Crippen molar-refractivity contribution in [1.29, 1.82) is 5.26 Å². The van der Waals surface area contributed by atoms with Gasteiger partial charge in [-0.2, -0.15) is 5.26 Å². The summed E-state index contributed by atoms with van der Waals surface area (Å²) in [6.07, 6.45) is 1.32. The monoisotopic (exact) mass is 419 g/mol. The quantitative estimate of drug-likeness (QED) is 0.196. The number of esters is 2. The fraction of sp³-hybridized carbons (Fsp3) is 0.130. The van der Waals surface area contributed by atoms with Gasteiger partial charge in [-0.15, -0.1) is 0 Å². The van der Waals surface area contributed by atoms with Crippen molar-refractivity contribution in [2.45, 2.75) is 6.92 Å². The molecule has 31 heavy (non-hydrogen) atoms. The van der Waals surface area contributed by atoms with E-state index in [0.29, 0.717) is 16.5 Å². The van der Waals surface area contributed by atoms with Gasteiger partial charge in [0.25, 0.3) is 0 Å². The first-order valence-corrected chi connectivity index (χ1v) is 9.18. The Balaban J connectivity index is 1.89. The van der Waals surface area contributed by atoms with Crippen LogP contribution < -0.4 is 15.1 Å². The Labute approximate surface area is 176 Å². The van der Waals surface area contributed by atoms with Crippen molar-refractivity contribution in [2.24, 2.45) is 0 Å². The van der Waals surface area contributed by atoms with E-state index < -0.39 is 17.6 Å². The van der Waals surface area contributed by atoms with Crippen LogP contribution in [0.3, 0.4) is 0 Å². The molecule has 0 fully saturated rings. The Morgan fingerprint density at radius 1 is 1.13 bits per heavy atom. The summed E-state index contributed by atoms with van der Waals surface area (Å²) in [6.45, 7) is 1.77. The van der Waals surface area contributed by atoms with E-state index in [1.807, 2.05) is 0 Å². The van der Waals surface area contributed by atoms with Gasteiger partial charge in [0.05, 0.1) is 13.7 Å². The number of para-hydroxylation sites is 1. The molecule has 0 aliphatic carbocycles. The zero-order valence-corrected chi connectivity index (χ0v) is 16.7. The summed E-state index contributed by atoms with van der Waals surface area (Å²) >= 11 is 0. The van der Waals surface area contributed by atoms with E-state index in [-0.39, 0.29) is 29.2 Å². The minimum atomic E-state index is -0.912. The topological polar surface area (TPSA) is 116 Å². The molecular formula is C23H17NO7. The van der Waals surface area contributed by atoms with Gasteiger partial charge in [-0.25, -0.2) is 14.4 Å². The SMILES string of the molecule is CCOC(=O)C(C#N)=Cc1ccc(OC(=O)c2cc3ccccc3oc2=O)c(OC)c1. The molecule has 0 saturated carbocycles. The van der Waals surface area contributed by atoms with Crippen LogP contribution in [0.25, 0.3) is 17.0 Å².